The smallest absolute Gasteiger partial charge is 0.0508 e. The molecule has 2 aliphatic heterocycles. The van der Waals surface area contributed by atoms with Gasteiger partial charge in [-0.3, -0.25) is 14.7 Å². The SMILES string of the molecule is CC(C)(C)CCN1CCN(CN2CCN(C(C)(C)C)CC2)CC1. The Morgan fingerprint density at radius 3 is 1.48 bits per heavy atom. The zero-order chi connectivity index (χ0) is 17.1. The van der Waals surface area contributed by atoms with E-state index in [1.165, 1.54) is 72.0 Å². The van der Waals surface area contributed by atoms with E-state index in [1.807, 2.05) is 0 Å². The van der Waals surface area contributed by atoms with Crippen LogP contribution in [0.1, 0.15) is 48.0 Å². The van der Waals surface area contributed by atoms with Crippen LogP contribution in [0.25, 0.3) is 0 Å². The summed E-state index contributed by atoms with van der Waals surface area (Å²) in [5.74, 6) is 0. The van der Waals surface area contributed by atoms with Gasteiger partial charge in [0.1, 0.15) is 0 Å². The molecule has 0 aliphatic carbocycles. The molecule has 0 spiro atoms. The molecule has 2 aliphatic rings. The number of rotatable bonds is 4. The highest BCUT2D eigenvalue weighted by atomic mass is 15.4. The average molecular weight is 325 g/mol. The van der Waals surface area contributed by atoms with Crippen LogP contribution in [-0.2, 0) is 0 Å². The third-order valence-electron chi connectivity index (χ3n) is 5.36. The van der Waals surface area contributed by atoms with Crippen molar-refractivity contribution in [1.82, 2.24) is 19.6 Å². The second-order valence-corrected chi connectivity index (χ2v) is 9.69. The zero-order valence-corrected chi connectivity index (χ0v) is 16.6. The maximum atomic E-state index is 2.65. The lowest BCUT2D eigenvalue weighted by Gasteiger charge is -2.44. The van der Waals surface area contributed by atoms with Gasteiger partial charge in [-0.15, -0.1) is 0 Å². The Kier molecular flexibility index (Phi) is 6.51. The van der Waals surface area contributed by atoms with Crippen LogP contribution in [0.5, 0.6) is 0 Å². The molecular weight excluding hydrogens is 284 g/mol. The number of hydrogen-bond acceptors (Lipinski definition) is 4. The minimum atomic E-state index is 0.324. The first kappa shape index (κ1) is 19.2. The van der Waals surface area contributed by atoms with Crippen molar-refractivity contribution in [2.24, 2.45) is 5.41 Å². The van der Waals surface area contributed by atoms with E-state index >= 15 is 0 Å². The van der Waals surface area contributed by atoms with Crippen LogP contribution >= 0.6 is 0 Å². The van der Waals surface area contributed by atoms with E-state index in [9.17, 15) is 0 Å². The second kappa shape index (κ2) is 7.81. The van der Waals surface area contributed by atoms with Crippen molar-refractivity contribution in [1.29, 1.82) is 0 Å². The molecule has 2 fully saturated rings. The predicted octanol–water partition coefficient (Wildman–Crippen LogP) is 2.41. The standard InChI is InChI=1S/C19H40N4/c1-18(2,3)7-8-20-9-11-21(12-10-20)17-22-13-15-23(16-14-22)19(4,5)6/h7-17H2,1-6H3. The van der Waals surface area contributed by atoms with Crippen LogP contribution in [0.4, 0.5) is 0 Å². The minimum Gasteiger partial charge on any atom is -0.301 e. The van der Waals surface area contributed by atoms with Crippen molar-refractivity contribution >= 4 is 0 Å². The van der Waals surface area contributed by atoms with Crippen molar-refractivity contribution in [2.45, 2.75) is 53.5 Å². The van der Waals surface area contributed by atoms with E-state index in [2.05, 4.69) is 61.1 Å². The minimum absolute atomic E-state index is 0.324. The molecule has 0 saturated carbocycles. The predicted molar refractivity (Wildman–Crippen MR) is 99.9 cm³/mol. The molecule has 0 unspecified atom stereocenters. The van der Waals surface area contributed by atoms with Gasteiger partial charge in [-0.1, -0.05) is 20.8 Å². The third-order valence-corrected chi connectivity index (χ3v) is 5.36. The number of piperazine rings is 2. The summed E-state index contributed by atoms with van der Waals surface area (Å²) < 4.78 is 0. The molecule has 2 heterocycles. The van der Waals surface area contributed by atoms with Gasteiger partial charge in [-0.05, 0) is 39.2 Å². The molecule has 0 aromatic rings. The van der Waals surface area contributed by atoms with Crippen LogP contribution in [0.2, 0.25) is 0 Å². The molecule has 0 N–H and O–H groups in total. The lowest BCUT2D eigenvalue weighted by Crippen LogP contribution is -2.57. The van der Waals surface area contributed by atoms with Crippen molar-refractivity contribution < 1.29 is 0 Å². The summed E-state index contributed by atoms with van der Waals surface area (Å²) in [6.45, 7) is 26.3. The van der Waals surface area contributed by atoms with Crippen LogP contribution in [0.15, 0.2) is 0 Å². The van der Waals surface area contributed by atoms with Crippen LogP contribution in [0, 0.1) is 5.41 Å². The fourth-order valence-corrected chi connectivity index (χ4v) is 3.49. The lowest BCUT2D eigenvalue weighted by molar-refractivity contribution is 0.0179. The highest BCUT2D eigenvalue weighted by Gasteiger charge is 2.27. The van der Waals surface area contributed by atoms with E-state index in [-0.39, 0.29) is 0 Å². The summed E-state index contributed by atoms with van der Waals surface area (Å²) in [5, 5.41) is 0. The quantitative estimate of drug-likeness (QED) is 0.787. The summed E-state index contributed by atoms with van der Waals surface area (Å²) in [7, 11) is 0. The molecule has 2 rings (SSSR count). The molecule has 0 amide bonds. The molecule has 4 heteroatoms. The fourth-order valence-electron chi connectivity index (χ4n) is 3.49. The third kappa shape index (κ3) is 6.69. The Balaban J connectivity index is 1.64. The molecule has 4 nitrogen and oxygen atoms in total. The van der Waals surface area contributed by atoms with Crippen molar-refractivity contribution in [3.8, 4) is 0 Å². The Hall–Kier alpha value is -0.160. The Morgan fingerprint density at radius 1 is 0.609 bits per heavy atom. The van der Waals surface area contributed by atoms with Gasteiger partial charge in [0.15, 0.2) is 0 Å². The normalized spacial score (nSPS) is 24.3. The maximum absolute atomic E-state index is 2.65. The number of hydrogen-bond donors (Lipinski definition) is 0. The zero-order valence-electron chi connectivity index (χ0n) is 16.6. The lowest BCUT2D eigenvalue weighted by atomic mass is 9.92. The van der Waals surface area contributed by atoms with Gasteiger partial charge < -0.3 is 4.90 Å². The molecule has 136 valence electrons. The molecule has 2 saturated heterocycles. The van der Waals surface area contributed by atoms with Crippen LogP contribution in [0.3, 0.4) is 0 Å². The van der Waals surface area contributed by atoms with Crippen LogP contribution in [-0.4, -0.2) is 90.7 Å². The van der Waals surface area contributed by atoms with Crippen molar-refractivity contribution in [3.05, 3.63) is 0 Å². The molecular formula is C19H40N4. The Labute approximate surface area is 144 Å². The van der Waals surface area contributed by atoms with E-state index in [4.69, 9.17) is 0 Å². The summed E-state index contributed by atoms with van der Waals surface area (Å²) in [4.78, 5) is 10.6. The fraction of sp³-hybridized carbons (Fsp3) is 1.00. The van der Waals surface area contributed by atoms with Gasteiger partial charge in [0.05, 0.1) is 6.67 Å². The molecule has 0 atom stereocenters. The summed E-state index contributed by atoms with van der Waals surface area (Å²) in [6, 6.07) is 0. The maximum Gasteiger partial charge on any atom is 0.0508 e. The molecule has 0 bridgehead atoms. The van der Waals surface area contributed by atoms with E-state index in [0.29, 0.717) is 11.0 Å². The van der Waals surface area contributed by atoms with Gasteiger partial charge in [0.2, 0.25) is 0 Å². The van der Waals surface area contributed by atoms with Gasteiger partial charge in [0.25, 0.3) is 0 Å². The van der Waals surface area contributed by atoms with Crippen molar-refractivity contribution in [2.75, 3.05) is 65.6 Å². The first-order valence-electron chi connectivity index (χ1n) is 9.56. The second-order valence-electron chi connectivity index (χ2n) is 9.69. The van der Waals surface area contributed by atoms with Crippen molar-refractivity contribution in [3.63, 3.8) is 0 Å². The molecule has 23 heavy (non-hydrogen) atoms. The molecule has 0 aromatic heterocycles. The summed E-state index contributed by atoms with van der Waals surface area (Å²) >= 11 is 0. The van der Waals surface area contributed by atoms with Crippen LogP contribution < -0.4 is 0 Å². The van der Waals surface area contributed by atoms with Gasteiger partial charge in [0, 0.05) is 57.9 Å². The summed E-state index contributed by atoms with van der Waals surface area (Å²) in [5.41, 5.74) is 0.786. The van der Waals surface area contributed by atoms with E-state index in [1.54, 1.807) is 0 Å². The largest absolute Gasteiger partial charge is 0.301 e. The topological polar surface area (TPSA) is 13.0 Å². The Morgan fingerprint density at radius 2 is 1.04 bits per heavy atom. The highest BCUT2D eigenvalue weighted by Crippen LogP contribution is 2.19. The summed E-state index contributed by atoms with van der Waals surface area (Å²) in [6.07, 6.45) is 1.31. The van der Waals surface area contributed by atoms with Gasteiger partial charge in [-0.2, -0.15) is 0 Å². The number of nitrogens with zero attached hydrogens (tertiary/aromatic N) is 4. The van der Waals surface area contributed by atoms with Gasteiger partial charge >= 0.3 is 0 Å². The van der Waals surface area contributed by atoms with E-state index < -0.39 is 0 Å². The first-order valence-corrected chi connectivity index (χ1v) is 9.56. The first-order chi connectivity index (χ1) is 10.6. The molecule has 0 radical (unpaired) electrons. The van der Waals surface area contributed by atoms with Gasteiger partial charge in [-0.25, -0.2) is 0 Å². The monoisotopic (exact) mass is 324 g/mol. The Bertz CT molecular complexity index is 339. The highest BCUT2D eigenvalue weighted by molar-refractivity contribution is 4.82. The average Bonchev–Trinajstić information content (AvgIpc) is 2.45. The van der Waals surface area contributed by atoms with E-state index in [0.717, 1.165) is 0 Å². The molecule has 0 aromatic carbocycles.